The zero-order valence-electron chi connectivity index (χ0n) is 14.0. The zero-order valence-corrected chi connectivity index (χ0v) is 14.0. The van der Waals surface area contributed by atoms with Gasteiger partial charge in [0.05, 0.1) is 31.2 Å². The molecule has 4 aromatic rings. The summed E-state index contributed by atoms with van der Waals surface area (Å²) in [6.45, 7) is 2.53. The van der Waals surface area contributed by atoms with Gasteiger partial charge in [0, 0.05) is 11.6 Å². The predicted molar refractivity (Wildman–Crippen MR) is 95.9 cm³/mol. The van der Waals surface area contributed by atoms with E-state index in [0.717, 1.165) is 28.0 Å². The molecule has 7 heteroatoms. The third kappa shape index (κ3) is 2.59. The number of ether oxygens (including phenoxy) is 1. The lowest BCUT2D eigenvalue weighted by molar-refractivity contribution is 0.414. The Morgan fingerprint density at radius 2 is 1.96 bits per heavy atom. The molecule has 2 N–H and O–H groups in total. The van der Waals surface area contributed by atoms with Gasteiger partial charge in [-0.25, -0.2) is 9.67 Å². The molecule has 7 nitrogen and oxygen atoms in total. The van der Waals surface area contributed by atoms with Gasteiger partial charge in [0.25, 0.3) is 0 Å². The highest BCUT2D eigenvalue weighted by molar-refractivity contribution is 5.80. The SMILES string of the molecule is COc1ccc(Cn2ncc(N)c2-n2nc(C)c3cccnc32)cc1. The van der Waals surface area contributed by atoms with E-state index in [1.165, 1.54) is 0 Å². The monoisotopic (exact) mass is 334 g/mol. The van der Waals surface area contributed by atoms with Gasteiger partial charge in [0.1, 0.15) is 5.75 Å². The molecule has 1 aromatic carbocycles. The highest BCUT2D eigenvalue weighted by atomic mass is 16.5. The van der Waals surface area contributed by atoms with Gasteiger partial charge in [-0.15, -0.1) is 0 Å². The van der Waals surface area contributed by atoms with Gasteiger partial charge in [-0.1, -0.05) is 12.1 Å². The molecule has 3 aromatic heterocycles. The highest BCUT2D eigenvalue weighted by Gasteiger charge is 2.17. The van der Waals surface area contributed by atoms with Crippen LogP contribution in [0.3, 0.4) is 0 Å². The van der Waals surface area contributed by atoms with Crippen molar-refractivity contribution < 1.29 is 4.74 Å². The number of aryl methyl sites for hydroxylation is 1. The number of nitrogens with zero attached hydrogens (tertiary/aromatic N) is 5. The lowest BCUT2D eigenvalue weighted by Gasteiger charge is -2.09. The Hall–Kier alpha value is -3.35. The summed E-state index contributed by atoms with van der Waals surface area (Å²) in [5, 5.41) is 10.0. The number of fused-ring (bicyclic) bond motifs is 1. The van der Waals surface area contributed by atoms with Gasteiger partial charge in [0.15, 0.2) is 11.5 Å². The molecule has 0 bridgehead atoms. The molecule has 25 heavy (non-hydrogen) atoms. The quantitative estimate of drug-likeness (QED) is 0.620. The van der Waals surface area contributed by atoms with Crippen molar-refractivity contribution in [3.8, 4) is 11.6 Å². The number of methoxy groups -OCH3 is 1. The van der Waals surface area contributed by atoms with Crippen molar-refractivity contribution in [2.24, 2.45) is 0 Å². The van der Waals surface area contributed by atoms with E-state index < -0.39 is 0 Å². The molecule has 0 spiro atoms. The number of anilines is 1. The minimum atomic E-state index is 0.559. The number of rotatable bonds is 4. The summed E-state index contributed by atoms with van der Waals surface area (Å²) in [6.07, 6.45) is 3.39. The van der Waals surface area contributed by atoms with Crippen molar-refractivity contribution in [3.63, 3.8) is 0 Å². The Kier molecular flexibility index (Phi) is 3.61. The number of pyridine rings is 1. The second-order valence-corrected chi connectivity index (χ2v) is 5.80. The summed E-state index contributed by atoms with van der Waals surface area (Å²) < 4.78 is 8.79. The van der Waals surface area contributed by atoms with Crippen LogP contribution < -0.4 is 10.5 Å². The summed E-state index contributed by atoms with van der Waals surface area (Å²) in [5.74, 6) is 1.54. The minimum Gasteiger partial charge on any atom is -0.497 e. The molecular formula is C18H18N6O. The average Bonchev–Trinajstić information content (AvgIpc) is 3.16. The van der Waals surface area contributed by atoms with Crippen LogP contribution in [-0.4, -0.2) is 31.7 Å². The first-order valence-electron chi connectivity index (χ1n) is 7.92. The van der Waals surface area contributed by atoms with Gasteiger partial charge >= 0.3 is 0 Å². The fourth-order valence-corrected chi connectivity index (χ4v) is 2.89. The maximum atomic E-state index is 6.18. The Balaban J connectivity index is 1.79. The van der Waals surface area contributed by atoms with E-state index in [9.17, 15) is 0 Å². The van der Waals surface area contributed by atoms with E-state index in [0.29, 0.717) is 18.1 Å². The first-order chi connectivity index (χ1) is 12.2. The molecule has 126 valence electrons. The van der Waals surface area contributed by atoms with Crippen LogP contribution in [0.5, 0.6) is 5.75 Å². The summed E-state index contributed by atoms with van der Waals surface area (Å²) in [4.78, 5) is 4.46. The standard InChI is InChI=1S/C18H18N6O/c1-12-15-4-3-9-20-17(15)24(22-12)18-16(19)10-21-23(18)11-13-5-7-14(25-2)8-6-13/h3-10H,11,19H2,1-2H3. The Morgan fingerprint density at radius 3 is 2.72 bits per heavy atom. The molecule has 3 heterocycles. The summed E-state index contributed by atoms with van der Waals surface area (Å²) in [6, 6.07) is 11.8. The Bertz CT molecular complexity index is 1030. The lowest BCUT2D eigenvalue weighted by Crippen LogP contribution is -2.11. The molecule has 0 saturated heterocycles. The minimum absolute atomic E-state index is 0.559. The van der Waals surface area contributed by atoms with E-state index >= 15 is 0 Å². The third-order valence-electron chi connectivity index (χ3n) is 4.16. The van der Waals surface area contributed by atoms with E-state index in [2.05, 4.69) is 15.2 Å². The molecule has 0 radical (unpaired) electrons. The van der Waals surface area contributed by atoms with Gasteiger partial charge in [-0.05, 0) is 36.8 Å². The van der Waals surface area contributed by atoms with Crippen LogP contribution in [0.15, 0.2) is 48.8 Å². The highest BCUT2D eigenvalue weighted by Crippen LogP contribution is 2.24. The van der Waals surface area contributed by atoms with E-state index in [1.807, 2.05) is 48.0 Å². The third-order valence-corrected chi connectivity index (χ3v) is 4.16. The van der Waals surface area contributed by atoms with Crippen LogP contribution in [0.1, 0.15) is 11.3 Å². The molecule has 0 saturated carbocycles. The molecule has 0 aliphatic heterocycles. The van der Waals surface area contributed by atoms with E-state index in [-0.39, 0.29) is 0 Å². The van der Waals surface area contributed by atoms with Crippen LogP contribution in [0.4, 0.5) is 5.69 Å². The molecule has 0 atom stereocenters. The van der Waals surface area contributed by atoms with Crippen LogP contribution >= 0.6 is 0 Å². The summed E-state index contributed by atoms with van der Waals surface area (Å²) in [7, 11) is 1.65. The van der Waals surface area contributed by atoms with Crippen LogP contribution in [0.2, 0.25) is 0 Å². The van der Waals surface area contributed by atoms with Crippen LogP contribution in [-0.2, 0) is 6.54 Å². The Morgan fingerprint density at radius 1 is 1.16 bits per heavy atom. The van der Waals surface area contributed by atoms with Crippen molar-refractivity contribution in [2.45, 2.75) is 13.5 Å². The number of nitrogen functional groups attached to an aromatic ring is 1. The molecule has 0 unspecified atom stereocenters. The molecular weight excluding hydrogens is 316 g/mol. The average molecular weight is 334 g/mol. The number of hydrogen-bond donors (Lipinski definition) is 1. The molecule has 0 amide bonds. The fraction of sp³-hybridized carbons (Fsp3) is 0.167. The van der Waals surface area contributed by atoms with Crippen molar-refractivity contribution in [1.29, 1.82) is 0 Å². The normalized spacial score (nSPS) is 11.1. The van der Waals surface area contributed by atoms with E-state index in [1.54, 1.807) is 24.2 Å². The number of aromatic nitrogens is 5. The largest absolute Gasteiger partial charge is 0.497 e. The molecule has 0 aliphatic rings. The van der Waals surface area contributed by atoms with Gasteiger partial charge in [0.2, 0.25) is 0 Å². The van der Waals surface area contributed by atoms with Gasteiger partial charge in [-0.3, -0.25) is 0 Å². The van der Waals surface area contributed by atoms with Crippen molar-refractivity contribution in [2.75, 3.05) is 12.8 Å². The van der Waals surface area contributed by atoms with Crippen molar-refractivity contribution in [3.05, 3.63) is 60.0 Å². The van der Waals surface area contributed by atoms with E-state index in [4.69, 9.17) is 10.5 Å². The molecule has 4 rings (SSSR count). The Labute approximate surface area is 144 Å². The maximum Gasteiger partial charge on any atom is 0.178 e. The molecule has 0 fully saturated rings. The lowest BCUT2D eigenvalue weighted by atomic mass is 10.2. The first kappa shape index (κ1) is 15.2. The van der Waals surface area contributed by atoms with Crippen LogP contribution in [0, 0.1) is 6.92 Å². The fourth-order valence-electron chi connectivity index (χ4n) is 2.89. The first-order valence-corrected chi connectivity index (χ1v) is 7.92. The smallest absolute Gasteiger partial charge is 0.178 e. The molecule has 0 aliphatic carbocycles. The number of nitrogens with two attached hydrogens (primary N) is 1. The topological polar surface area (TPSA) is 83.8 Å². The van der Waals surface area contributed by atoms with Crippen molar-refractivity contribution >= 4 is 16.7 Å². The predicted octanol–water partition coefficient (Wildman–Crippen LogP) is 2.56. The maximum absolute atomic E-state index is 6.18. The zero-order chi connectivity index (χ0) is 17.4. The number of benzene rings is 1. The van der Waals surface area contributed by atoms with Gasteiger partial charge < -0.3 is 10.5 Å². The second kappa shape index (κ2) is 5.94. The number of hydrogen-bond acceptors (Lipinski definition) is 5. The summed E-state index contributed by atoms with van der Waals surface area (Å²) >= 11 is 0. The van der Waals surface area contributed by atoms with Gasteiger partial charge in [-0.2, -0.15) is 14.9 Å². The van der Waals surface area contributed by atoms with Crippen LogP contribution in [0.25, 0.3) is 16.9 Å². The second-order valence-electron chi connectivity index (χ2n) is 5.80. The van der Waals surface area contributed by atoms with Crippen molar-refractivity contribution in [1.82, 2.24) is 24.5 Å². The summed E-state index contributed by atoms with van der Waals surface area (Å²) in [5.41, 5.74) is 9.50.